The summed E-state index contributed by atoms with van der Waals surface area (Å²) < 4.78 is 13.4. The first-order valence-electron chi connectivity index (χ1n) is 9.54. The van der Waals surface area contributed by atoms with E-state index in [1.54, 1.807) is 54.9 Å². The van der Waals surface area contributed by atoms with Crippen LogP contribution in [0, 0.1) is 5.82 Å². The smallest absolute Gasteiger partial charge is 0.251 e. The molecular weight excluding hydrogens is 415 g/mol. The summed E-state index contributed by atoms with van der Waals surface area (Å²) in [7, 11) is 0. The van der Waals surface area contributed by atoms with Crippen molar-refractivity contribution >= 4 is 29.1 Å². The molecule has 0 saturated heterocycles. The number of nitrogens with zero attached hydrogens (tertiary/aromatic N) is 2. The Kier molecular flexibility index (Phi) is 6.19. The van der Waals surface area contributed by atoms with E-state index in [4.69, 9.17) is 11.6 Å². The molecule has 1 heterocycles. The average molecular weight is 433 g/mol. The van der Waals surface area contributed by atoms with Gasteiger partial charge in [0, 0.05) is 40.8 Å². The number of rotatable bonds is 6. The van der Waals surface area contributed by atoms with Crippen LogP contribution in [0.4, 0.5) is 16.0 Å². The second kappa shape index (κ2) is 9.36. The van der Waals surface area contributed by atoms with Crippen molar-refractivity contribution in [3.8, 4) is 11.1 Å². The predicted molar refractivity (Wildman–Crippen MR) is 120 cm³/mol. The molecule has 0 spiro atoms. The van der Waals surface area contributed by atoms with Crippen LogP contribution in [0.3, 0.4) is 0 Å². The van der Waals surface area contributed by atoms with Crippen LogP contribution in [0.25, 0.3) is 11.1 Å². The Hall–Kier alpha value is -3.77. The molecule has 7 heteroatoms. The van der Waals surface area contributed by atoms with Gasteiger partial charge >= 0.3 is 0 Å². The number of halogens is 2. The summed E-state index contributed by atoms with van der Waals surface area (Å²) in [5.74, 6) is -0.134. The number of benzene rings is 3. The number of hydrogen-bond donors (Lipinski definition) is 2. The quantitative estimate of drug-likeness (QED) is 0.415. The number of hydrogen-bond acceptors (Lipinski definition) is 4. The normalized spacial score (nSPS) is 10.5. The lowest BCUT2D eigenvalue weighted by atomic mass is 10.1. The van der Waals surface area contributed by atoms with E-state index in [1.165, 1.54) is 12.1 Å². The Labute approximate surface area is 184 Å². The third-order valence-electron chi connectivity index (χ3n) is 4.56. The standard InChI is InChI=1S/C24H18ClFN4O/c25-20-9-7-16(8-10-20)13-27-23(31)18-4-2-6-22(12-18)30-24-28-14-19(15-29-24)17-3-1-5-21(26)11-17/h1-12,14-15H,13H2,(H,27,31)(H,28,29,30). The van der Waals surface area contributed by atoms with Gasteiger partial charge in [-0.15, -0.1) is 0 Å². The first-order chi connectivity index (χ1) is 15.1. The maximum atomic E-state index is 13.4. The fraction of sp³-hybridized carbons (Fsp3) is 0.0417. The van der Waals surface area contributed by atoms with Crippen LogP contribution < -0.4 is 10.6 Å². The Morgan fingerprint density at radius 1 is 0.903 bits per heavy atom. The largest absolute Gasteiger partial charge is 0.348 e. The first kappa shape index (κ1) is 20.5. The minimum absolute atomic E-state index is 0.194. The minimum atomic E-state index is -0.314. The number of carbonyl (C=O) groups is 1. The van der Waals surface area contributed by atoms with Crippen molar-refractivity contribution in [3.63, 3.8) is 0 Å². The average Bonchev–Trinajstić information content (AvgIpc) is 2.79. The fourth-order valence-corrected chi connectivity index (χ4v) is 3.09. The van der Waals surface area contributed by atoms with Crippen molar-refractivity contribution in [3.05, 3.63) is 107 Å². The molecule has 3 aromatic carbocycles. The molecule has 0 radical (unpaired) electrons. The number of aromatic nitrogens is 2. The topological polar surface area (TPSA) is 66.9 Å². The van der Waals surface area contributed by atoms with Gasteiger partial charge in [0.2, 0.25) is 5.95 Å². The molecule has 0 unspecified atom stereocenters. The second-order valence-electron chi connectivity index (χ2n) is 6.82. The molecule has 154 valence electrons. The Morgan fingerprint density at radius 2 is 1.65 bits per heavy atom. The maximum Gasteiger partial charge on any atom is 0.251 e. The summed E-state index contributed by atoms with van der Waals surface area (Å²) >= 11 is 5.88. The molecule has 1 amide bonds. The van der Waals surface area contributed by atoms with E-state index >= 15 is 0 Å². The lowest BCUT2D eigenvalue weighted by Crippen LogP contribution is -2.22. The van der Waals surface area contributed by atoms with Crippen molar-refractivity contribution in [1.29, 1.82) is 0 Å². The van der Waals surface area contributed by atoms with E-state index in [-0.39, 0.29) is 11.7 Å². The SMILES string of the molecule is O=C(NCc1ccc(Cl)cc1)c1cccc(Nc2ncc(-c3cccc(F)c3)cn2)c1. The molecule has 0 aliphatic carbocycles. The van der Waals surface area contributed by atoms with Crippen LogP contribution in [0.1, 0.15) is 15.9 Å². The summed E-state index contributed by atoms with van der Waals surface area (Å²) in [5, 5.41) is 6.62. The molecule has 0 aliphatic heterocycles. The van der Waals surface area contributed by atoms with Gasteiger partial charge in [-0.3, -0.25) is 4.79 Å². The third kappa shape index (κ3) is 5.43. The van der Waals surface area contributed by atoms with Crippen LogP contribution in [-0.2, 0) is 6.54 Å². The van der Waals surface area contributed by atoms with Crippen LogP contribution in [-0.4, -0.2) is 15.9 Å². The number of anilines is 2. The zero-order valence-corrected chi connectivity index (χ0v) is 17.1. The van der Waals surface area contributed by atoms with Gasteiger partial charge in [-0.05, 0) is 53.6 Å². The Balaban J connectivity index is 1.41. The molecule has 1 aromatic heterocycles. The molecule has 0 fully saturated rings. The molecule has 31 heavy (non-hydrogen) atoms. The molecular formula is C24H18ClFN4O. The lowest BCUT2D eigenvalue weighted by molar-refractivity contribution is 0.0951. The zero-order valence-electron chi connectivity index (χ0n) is 16.3. The molecule has 4 aromatic rings. The summed E-state index contributed by atoms with van der Waals surface area (Å²) in [6.07, 6.45) is 3.24. The fourth-order valence-electron chi connectivity index (χ4n) is 2.96. The third-order valence-corrected chi connectivity index (χ3v) is 4.81. The molecule has 0 aliphatic rings. The van der Waals surface area contributed by atoms with Crippen molar-refractivity contribution in [1.82, 2.24) is 15.3 Å². The van der Waals surface area contributed by atoms with Crippen LogP contribution >= 0.6 is 11.6 Å². The highest BCUT2D eigenvalue weighted by molar-refractivity contribution is 6.30. The van der Waals surface area contributed by atoms with Gasteiger partial charge in [0.25, 0.3) is 5.91 Å². The minimum Gasteiger partial charge on any atom is -0.348 e. The van der Waals surface area contributed by atoms with Gasteiger partial charge in [0.05, 0.1) is 0 Å². The molecule has 5 nitrogen and oxygen atoms in total. The predicted octanol–water partition coefficient (Wildman–Crippen LogP) is 5.61. The number of carbonyl (C=O) groups excluding carboxylic acids is 1. The highest BCUT2D eigenvalue weighted by Crippen LogP contribution is 2.20. The van der Waals surface area contributed by atoms with E-state index < -0.39 is 0 Å². The van der Waals surface area contributed by atoms with E-state index in [0.717, 1.165) is 5.56 Å². The van der Waals surface area contributed by atoms with E-state index in [0.29, 0.717) is 39.9 Å². The van der Waals surface area contributed by atoms with Crippen molar-refractivity contribution < 1.29 is 9.18 Å². The molecule has 4 rings (SSSR count). The highest BCUT2D eigenvalue weighted by Gasteiger charge is 2.08. The van der Waals surface area contributed by atoms with E-state index in [1.807, 2.05) is 18.2 Å². The first-order valence-corrected chi connectivity index (χ1v) is 9.92. The van der Waals surface area contributed by atoms with E-state index in [2.05, 4.69) is 20.6 Å². The van der Waals surface area contributed by atoms with Crippen molar-refractivity contribution in [2.75, 3.05) is 5.32 Å². The second-order valence-corrected chi connectivity index (χ2v) is 7.26. The Morgan fingerprint density at radius 3 is 2.39 bits per heavy atom. The maximum absolute atomic E-state index is 13.4. The van der Waals surface area contributed by atoms with E-state index in [9.17, 15) is 9.18 Å². The Bertz CT molecular complexity index is 1200. The van der Waals surface area contributed by atoms with Gasteiger partial charge in [-0.2, -0.15) is 0 Å². The number of nitrogens with one attached hydrogen (secondary N) is 2. The van der Waals surface area contributed by atoms with Crippen molar-refractivity contribution in [2.45, 2.75) is 6.54 Å². The summed E-state index contributed by atoms with van der Waals surface area (Å²) in [5.41, 5.74) is 3.55. The van der Waals surface area contributed by atoms with Crippen LogP contribution in [0.5, 0.6) is 0 Å². The van der Waals surface area contributed by atoms with Gasteiger partial charge in [-0.25, -0.2) is 14.4 Å². The van der Waals surface area contributed by atoms with Crippen LogP contribution in [0.15, 0.2) is 85.2 Å². The molecule has 0 saturated carbocycles. The van der Waals surface area contributed by atoms with Gasteiger partial charge in [0.1, 0.15) is 5.82 Å². The summed E-state index contributed by atoms with van der Waals surface area (Å²) in [4.78, 5) is 21.1. The monoisotopic (exact) mass is 432 g/mol. The van der Waals surface area contributed by atoms with Gasteiger partial charge in [0.15, 0.2) is 0 Å². The zero-order chi connectivity index (χ0) is 21.6. The van der Waals surface area contributed by atoms with Gasteiger partial charge in [-0.1, -0.05) is 41.9 Å². The lowest BCUT2D eigenvalue weighted by Gasteiger charge is -2.09. The summed E-state index contributed by atoms with van der Waals surface area (Å²) in [6, 6.07) is 20.6. The van der Waals surface area contributed by atoms with Crippen LogP contribution in [0.2, 0.25) is 5.02 Å². The van der Waals surface area contributed by atoms with Crippen molar-refractivity contribution in [2.24, 2.45) is 0 Å². The highest BCUT2D eigenvalue weighted by atomic mass is 35.5. The van der Waals surface area contributed by atoms with Gasteiger partial charge < -0.3 is 10.6 Å². The molecule has 0 bridgehead atoms. The number of amides is 1. The molecule has 2 N–H and O–H groups in total. The summed E-state index contributed by atoms with van der Waals surface area (Å²) in [6.45, 7) is 0.401. The molecule has 0 atom stereocenters.